The first-order valence-corrected chi connectivity index (χ1v) is 15.0. The van der Waals surface area contributed by atoms with E-state index in [4.69, 9.17) is 11.6 Å². The van der Waals surface area contributed by atoms with Gasteiger partial charge in [0.05, 0.1) is 15.5 Å². The molecule has 0 bridgehead atoms. The van der Waals surface area contributed by atoms with Crippen LogP contribution in [0.2, 0.25) is 5.02 Å². The second-order valence-corrected chi connectivity index (χ2v) is 11.8. The zero-order valence-corrected chi connectivity index (χ0v) is 24.7. The molecule has 0 saturated heterocycles. The molecule has 0 aliphatic carbocycles. The van der Waals surface area contributed by atoms with Crippen molar-refractivity contribution in [1.29, 1.82) is 0 Å². The average molecular weight is 621 g/mol. The number of benzene rings is 4. The molecular weight excluding hydrogens is 592 g/mol. The topological polar surface area (TPSA) is 130 Å². The van der Waals surface area contributed by atoms with Crippen LogP contribution in [-0.2, 0) is 32.6 Å². The van der Waals surface area contributed by atoms with Gasteiger partial charge < -0.3 is 10.2 Å². The molecule has 1 atom stereocenters. The van der Waals surface area contributed by atoms with Gasteiger partial charge in [-0.3, -0.25) is 24.0 Å². The Morgan fingerprint density at radius 3 is 2.16 bits per heavy atom. The predicted molar refractivity (Wildman–Crippen MR) is 164 cm³/mol. The van der Waals surface area contributed by atoms with E-state index in [-0.39, 0.29) is 29.2 Å². The number of likely N-dealkylation sites (N-methyl/N-ethyl adjacent to an activating group) is 1. The number of hydrogen-bond acceptors (Lipinski definition) is 6. The van der Waals surface area contributed by atoms with Crippen molar-refractivity contribution in [3.8, 4) is 0 Å². The third-order valence-corrected chi connectivity index (χ3v) is 8.91. The summed E-state index contributed by atoms with van der Waals surface area (Å²) in [4.78, 5) is 39.6. The van der Waals surface area contributed by atoms with Crippen molar-refractivity contribution in [2.75, 3.05) is 17.9 Å². The number of nitro benzene ring substituents is 1. The summed E-state index contributed by atoms with van der Waals surface area (Å²) >= 11 is 6.44. The molecule has 4 aromatic carbocycles. The van der Waals surface area contributed by atoms with Gasteiger partial charge in [-0.25, -0.2) is 8.42 Å². The number of non-ortho nitro benzene ring substituents is 1. The number of carbonyl (C=O) groups is 2. The van der Waals surface area contributed by atoms with Crippen LogP contribution in [0.25, 0.3) is 0 Å². The third-order valence-electron chi connectivity index (χ3n) is 6.75. The Kier molecular flexibility index (Phi) is 10.1. The molecule has 0 aliphatic heterocycles. The van der Waals surface area contributed by atoms with Crippen LogP contribution in [0.3, 0.4) is 0 Å². The van der Waals surface area contributed by atoms with E-state index in [1.807, 2.05) is 30.3 Å². The molecular formula is C31H29ClN4O6S. The molecule has 0 aromatic heterocycles. The maximum Gasteiger partial charge on any atom is 0.271 e. The van der Waals surface area contributed by atoms with E-state index in [1.54, 1.807) is 30.3 Å². The first-order valence-electron chi connectivity index (χ1n) is 13.2. The highest BCUT2D eigenvalue weighted by atomic mass is 35.5. The number of amides is 2. The third kappa shape index (κ3) is 7.56. The van der Waals surface area contributed by atoms with Crippen molar-refractivity contribution >= 4 is 44.8 Å². The molecule has 0 fully saturated rings. The van der Waals surface area contributed by atoms with Crippen molar-refractivity contribution in [1.82, 2.24) is 10.2 Å². The molecule has 0 heterocycles. The molecule has 43 heavy (non-hydrogen) atoms. The fraction of sp³-hybridized carbons (Fsp3) is 0.161. The van der Waals surface area contributed by atoms with E-state index in [2.05, 4.69) is 5.32 Å². The summed E-state index contributed by atoms with van der Waals surface area (Å²) in [7, 11) is -2.93. The Morgan fingerprint density at radius 2 is 1.53 bits per heavy atom. The molecule has 0 unspecified atom stereocenters. The predicted octanol–water partition coefficient (Wildman–Crippen LogP) is 4.83. The van der Waals surface area contributed by atoms with Gasteiger partial charge in [0.25, 0.3) is 15.7 Å². The Bertz CT molecular complexity index is 1700. The Balaban J connectivity index is 1.82. The number of nitrogens with zero attached hydrogens (tertiary/aromatic N) is 3. The molecule has 10 nitrogen and oxygen atoms in total. The van der Waals surface area contributed by atoms with Crippen molar-refractivity contribution in [3.05, 3.63) is 135 Å². The lowest BCUT2D eigenvalue weighted by molar-refractivity contribution is -0.384. The van der Waals surface area contributed by atoms with Gasteiger partial charge in [0.2, 0.25) is 11.8 Å². The number of anilines is 1. The van der Waals surface area contributed by atoms with Crippen molar-refractivity contribution < 1.29 is 22.9 Å². The molecule has 4 rings (SSSR count). The van der Waals surface area contributed by atoms with Gasteiger partial charge in [-0.2, -0.15) is 0 Å². The number of nitro groups is 1. The zero-order valence-electron chi connectivity index (χ0n) is 23.2. The largest absolute Gasteiger partial charge is 0.357 e. The van der Waals surface area contributed by atoms with Crippen LogP contribution in [0, 0.1) is 10.1 Å². The highest BCUT2D eigenvalue weighted by Crippen LogP contribution is 2.28. The second-order valence-electron chi connectivity index (χ2n) is 9.53. The molecule has 0 saturated carbocycles. The number of halogens is 1. The van der Waals surface area contributed by atoms with E-state index >= 15 is 0 Å². The first-order chi connectivity index (χ1) is 20.6. The van der Waals surface area contributed by atoms with Crippen LogP contribution in [0.15, 0.2) is 114 Å². The lowest BCUT2D eigenvalue weighted by Gasteiger charge is -2.33. The molecule has 0 radical (unpaired) electrons. The Labute approximate surface area is 254 Å². The van der Waals surface area contributed by atoms with E-state index in [1.165, 1.54) is 54.4 Å². The van der Waals surface area contributed by atoms with Gasteiger partial charge in [-0.15, -0.1) is 0 Å². The van der Waals surface area contributed by atoms with Gasteiger partial charge in [0.15, 0.2) is 0 Å². The summed E-state index contributed by atoms with van der Waals surface area (Å²) in [5, 5.41) is 14.5. The maximum atomic E-state index is 14.3. The van der Waals surface area contributed by atoms with E-state index < -0.39 is 39.3 Å². The minimum absolute atomic E-state index is 0.0800. The molecule has 12 heteroatoms. The number of sulfonamides is 1. The van der Waals surface area contributed by atoms with Gasteiger partial charge in [0, 0.05) is 37.2 Å². The second kappa shape index (κ2) is 14.0. The van der Waals surface area contributed by atoms with E-state index in [9.17, 15) is 28.1 Å². The highest BCUT2D eigenvalue weighted by Gasteiger charge is 2.35. The summed E-state index contributed by atoms with van der Waals surface area (Å²) in [6, 6.07) is 27.4. The van der Waals surface area contributed by atoms with Crippen LogP contribution in [0.5, 0.6) is 0 Å². The number of rotatable bonds is 12. The minimum atomic E-state index is -4.38. The molecule has 1 N–H and O–H groups in total. The number of nitrogens with one attached hydrogen (secondary N) is 1. The van der Waals surface area contributed by atoms with E-state index in [0.29, 0.717) is 10.6 Å². The number of hydrogen-bond donors (Lipinski definition) is 1. The smallest absolute Gasteiger partial charge is 0.271 e. The SMILES string of the molecule is CNC(=O)[C@H](Cc1ccccc1)N(Cc1ccccc1Cl)C(=O)CN(c1cccc([N+](=O)[O-])c1)S(=O)(=O)c1ccccc1. The Morgan fingerprint density at radius 1 is 0.907 bits per heavy atom. The zero-order chi connectivity index (χ0) is 31.0. The summed E-state index contributed by atoms with van der Waals surface area (Å²) < 4.78 is 28.7. The van der Waals surface area contributed by atoms with Crippen molar-refractivity contribution in [2.24, 2.45) is 0 Å². The lowest BCUT2D eigenvalue weighted by Crippen LogP contribution is -2.53. The quantitative estimate of drug-likeness (QED) is 0.178. The molecule has 4 aromatic rings. The fourth-order valence-electron chi connectivity index (χ4n) is 4.54. The molecule has 0 spiro atoms. The maximum absolute atomic E-state index is 14.3. The van der Waals surface area contributed by atoms with Crippen molar-refractivity contribution in [2.45, 2.75) is 23.9 Å². The highest BCUT2D eigenvalue weighted by molar-refractivity contribution is 7.92. The summed E-state index contributed by atoms with van der Waals surface area (Å²) in [6.07, 6.45) is 0.138. The fourth-order valence-corrected chi connectivity index (χ4v) is 6.16. The average Bonchev–Trinajstić information content (AvgIpc) is 3.02. The van der Waals surface area contributed by atoms with Crippen LogP contribution in [0.4, 0.5) is 11.4 Å². The van der Waals surface area contributed by atoms with Gasteiger partial charge in [-0.1, -0.05) is 84.4 Å². The summed E-state index contributed by atoms with van der Waals surface area (Å²) in [5.41, 5.74) is 0.898. The molecule has 222 valence electrons. The monoisotopic (exact) mass is 620 g/mol. The molecule has 0 aliphatic rings. The summed E-state index contributed by atoms with van der Waals surface area (Å²) in [5.74, 6) is -1.17. The van der Waals surface area contributed by atoms with Crippen molar-refractivity contribution in [3.63, 3.8) is 0 Å². The van der Waals surface area contributed by atoms with Crippen LogP contribution in [-0.4, -0.2) is 49.7 Å². The van der Waals surface area contributed by atoms with E-state index in [0.717, 1.165) is 15.9 Å². The molecule has 2 amide bonds. The number of carbonyl (C=O) groups excluding carboxylic acids is 2. The van der Waals surface area contributed by atoms with Gasteiger partial charge in [0.1, 0.15) is 12.6 Å². The first kappa shape index (κ1) is 31.2. The Hall–Kier alpha value is -4.74. The van der Waals surface area contributed by atoms with Crippen LogP contribution < -0.4 is 9.62 Å². The summed E-state index contributed by atoms with van der Waals surface area (Å²) in [6.45, 7) is -0.845. The van der Waals surface area contributed by atoms with Crippen LogP contribution in [0.1, 0.15) is 11.1 Å². The lowest BCUT2D eigenvalue weighted by atomic mass is 10.0. The standard InChI is InChI=1S/C31H29ClN4O6S/c1-33-31(38)29(19-23-11-4-2-5-12-23)34(21-24-13-8-9-18-28(24)32)30(37)22-35(25-14-10-15-26(20-25)36(39)40)43(41,42)27-16-6-3-7-17-27/h2-18,20,29H,19,21-22H2,1H3,(H,33,38)/t29-/m0/s1. The normalized spacial score (nSPS) is 11.8. The van der Waals surface area contributed by atoms with Gasteiger partial charge >= 0.3 is 0 Å². The van der Waals surface area contributed by atoms with Gasteiger partial charge in [-0.05, 0) is 35.4 Å². The van der Waals surface area contributed by atoms with Crippen LogP contribution >= 0.6 is 11.6 Å². The minimum Gasteiger partial charge on any atom is -0.357 e.